The molecule has 25 heavy (non-hydrogen) atoms. The van der Waals surface area contributed by atoms with E-state index in [2.05, 4.69) is 13.8 Å². The first-order valence-corrected chi connectivity index (χ1v) is 10.2. The third-order valence-electron chi connectivity index (χ3n) is 4.58. The molecule has 0 unspecified atom stereocenters. The number of rotatable bonds is 5. The molecule has 2 rings (SSSR count). The number of benzene rings is 1. The lowest BCUT2D eigenvalue weighted by Crippen LogP contribution is -2.37. The van der Waals surface area contributed by atoms with E-state index in [1.165, 1.54) is 11.4 Å². The normalized spacial score (nSPS) is 16.8. The van der Waals surface area contributed by atoms with Gasteiger partial charge < -0.3 is 9.64 Å². The number of hydrogen-bond acceptors (Lipinski definition) is 4. The fourth-order valence-corrected chi connectivity index (χ4v) is 4.61. The Bertz CT molecular complexity index is 716. The summed E-state index contributed by atoms with van der Waals surface area (Å²) in [5.74, 6) is 0.729. The fourth-order valence-electron chi connectivity index (χ4n) is 3.00. The van der Waals surface area contributed by atoms with E-state index in [1.54, 1.807) is 17.0 Å². The lowest BCUT2D eigenvalue weighted by atomic mass is 10.0. The maximum Gasteiger partial charge on any atom is 0.246 e. The molecule has 1 aliphatic heterocycles. The molecule has 1 heterocycles. The Morgan fingerprint density at radius 2 is 1.92 bits per heavy atom. The van der Waals surface area contributed by atoms with Gasteiger partial charge in [0.15, 0.2) is 0 Å². The second-order valence-corrected chi connectivity index (χ2v) is 8.46. The number of carbonyl (C=O) groups excluding carboxylic acids is 1. The van der Waals surface area contributed by atoms with E-state index in [0.717, 1.165) is 5.56 Å². The standard InChI is InChI=1S/C18H28N2O4S/c1-5-18(21)19-9-6-10-20(12-11-19)25(22,23)17-8-7-15(14(2)3)13-16(17)24-4/h7-8,13-14H,5-6,9-12H2,1-4H3. The third-order valence-corrected chi connectivity index (χ3v) is 6.52. The van der Waals surface area contributed by atoms with Crippen molar-refractivity contribution in [3.8, 4) is 5.75 Å². The Morgan fingerprint density at radius 1 is 1.20 bits per heavy atom. The van der Waals surface area contributed by atoms with Crippen molar-refractivity contribution in [2.24, 2.45) is 0 Å². The SMILES string of the molecule is CCC(=O)N1CCCN(S(=O)(=O)c2ccc(C(C)C)cc2OC)CC1. The predicted molar refractivity (Wildman–Crippen MR) is 97.3 cm³/mol. The molecule has 1 saturated heterocycles. The smallest absolute Gasteiger partial charge is 0.246 e. The molecule has 0 atom stereocenters. The van der Waals surface area contributed by atoms with Gasteiger partial charge in [-0.15, -0.1) is 0 Å². The lowest BCUT2D eigenvalue weighted by molar-refractivity contribution is -0.130. The number of sulfonamides is 1. The minimum Gasteiger partial charge on any atom is -0.495 e. The van der Waals surface area contributed by atoms with E-state index in [0.29, 0.717) is 44.8 Å². The zero-order valence-corrected chi connectivity index (χ0v) is 16.3. The van der Waals surface area contributed by atoms with Crippen LogP contribution in [-0.2, 0) is 14.8 Å². The van der Waals surface area contributed by atoms with E-state index >= 15 is 0 Å². The predicted octanol–water partition coefficient (Wildman–Crippen LogP) is 2.45. The first-order chi connectivity index (χ1) is 11.8. The molecule has 7 heteroatoms. The molecule has 6 nitrogen and oxygen atoms in total. The molecular weight excluding hydrogens is 340 g/mol. The maximum absolute atomic E-state index is 13.1. The third kappa shape index (κ3) is 4.33. The van der Waals surface area contributed by atoms with E-state index in [9.17, 15) is 13.2 Å². The highest BCUT2D eigenvalue weighted by Gasteiger charge is 2.30. The highest BCUT2D eigenvalue weighted by atomic mass is 32.2. The van der Waals surface area contributed by atoms with Gasteiger partial charge in [0.25, 0.3) is 0 Å². The summed E-state index contributed by atoms with van der Waals surface area (Å²) in [4.78, 5) is 13.8. The van der Waals surface area contributed by atoms with Crippen LogP contribution >= 0.6 is 0 Å². The van der Waals surface area contributed by atoms with Gasteiger partial charge in [0.2, 0.25) is 15.9 Å². The van der Waals surface area contributed by atoms with Crippen LogP contribution in [0.3, 0.4) is 0 Å². The summed E-state index contributed by atoms with van der Waals surface area (Å²) in [5, 5.41) is 0. The molecule has 0 spiro atoms. The van der Waals surface area contributed by atoms with Crippen molar-refractivity contribution in [3.05, 3.63) is 23.8 Å². The molecule has 1 amide bonds. The molecule has 0 radical (unpaired) electrons. The second kappa shape index (κ2) is 8.19. The van der Waals surface area contributed by atoms with Gasteiger partial charge in [-0.3, -0.25) is 4.79 Å². The summed E-state index contributed by atoms with van der Waals surface area (Å²) in [6, 6.07) is 5.26. The fraction of sp³-hybridized carbons (Fsp3) is 0.611. The van der Waals surface area contributed by atoms with Crippen LogP contribution in [0, 0.1) is 0 Å². The van der Waals surface area contributed by atoms with Crippen molar-refractivity contribution >= 4 is 15.9 Å². The molecule has 1 aromatic carbocycles. The number of carbonyl (C=O) groups is 1. The van der Waals surface area contributed by atoms with Gasteiger partial charge in [-0.25, -0.2) is 8.42 Å². The van der Waals surface area contributed by atoms with E-state index in [4.69, 9.17) is 4.74 Å². The zero-order chi connectivity index (χ0) is 18.6. The molecule has 0 aliphatic carbocycles. The van der Waals surface area contributed by atoms with E-state index in [1.807, 2.05) is 13.0 Å². The molecule has 1 aromatic rings. The Morgan fingerprint density at radius 3 is 2.52 bits per heavy atom. The van der Waals surface area contributed by atoms with Crippen molar-refractivity contribution < 1.29 is 17.9 Å². The summed E-state index contributed by atoms with van der Waals surface area (Å²) in [7, 11) is -2.17. The summed E-state index contributed by atoms with van der Waals surface area (Å²) in [5.41, 5.74) is 1.03. The summed E-state index contributed by atoms with van der Waals surface area (Å²) >= 11 is 0. The van der Waals surface area contributed by atoms with E-state index < -0.39 is 10.0 Å². The Hall–Kier alpha value is -1.60. The van der Waals surface area contributed by atoms with Crippen LogP contribution < -0.4 is 4.74 Å². The molecule has 0 aromatic heterocycles. The monoisotopic (exact) mass is 368 g/mol. The maximum atomic E-state index is 13.1. The largest absolute Gasteiger partial charge is 0.495 e. The molecule has 0 saturated carbocycles. The highest BCUT2D eigenvalue weighted by Crippen LogP contribution is 2.30. The van der Waals surface area contributed by atoms with Crippen LogP contribution in [0.1, 0.15) is 45.1 Å². The first-order valence-electron chi connectivity index (χ1n) is 8.77. The lowest BCUT2D eigenvalue weighted by Gasteiger charge is -2.23. The van der Waals surface area contributed by atoms with Crippen LogP contribution in [-0.4, -0.2) is 56.8 Å². The van der Waals surface area contributed by atoms with Gasteiger partial charge in [0, 0.05) is 32.6 Å². The Balaban J connectivity index is 2.28. The van der Waals surface area contributed by atoms with E-state index in [-0.39, 0.29) is 16.7 Å². The minimum absolute atomic E-state index is 0.0677. The van der Waals surface area contributed by atoms with Crippen molar-refractivity contribution in [2.75, 3.05) is 33.3 Å². The number of amides is 1. The Kier molecular flexibility index (Phi) is 6.46. The molecule has 140 valence electrons. The second-order valence-electron chi connectivity index (χ2n) is 6.56. The van der Waals surface area contributed by atoms with Crippen molar-refractivity contribution in [3.63, 3.8) is 0 Å². The minimum atomic E-state index is -3.66. The van der Waals surface area contributed by atoms with Crippen LogP contribution in [0.5, 0.6) is 5.75 Å². The summed E-state index contributed by atoms with van der Waals surface area (Å²) < 4.78 is 33.0. The van der Waals surface area contributed by atoms with Gasteiger partial charge in [0.1, 0.15) is 10.6 Å². The quantitative estimate of drug-likeness (QED) is 0.801. The van der Waals surface area contributed by atoms with Gasteiger partial charge in [-0.2, -0.15) is 4.31 Å². The van der Waals surface area contributed by atoms with Crippen LogP contribution in [0.4, 0.5) is 0 Å². The van der Waals surface area contributed by atoms with Gasteiger partial charge in [-0.05, 0) is 30.0 Å². The number of nitrogens with zero attached hydrogens (tertiary/aromatic N) is 2. The summed E-state index contributed by atoms with van der Waals surface area (Å²) in [6.45, 7) is 7.67. The zero-order valence-electron chi connectivity index (χ0n) is 15.5. The molecule has 1 fully saturated rings. The van der Waals surface area contributed by atoms with Crippen molar-refractivity contribution in [1.29, 1.82) is 0 Å². The van der Waals surface area contributed by atoms with Crippen molar-refractivity contribution in [1.82, 2.24) is 9.21 Å². The number of methoxy groups -OCH3 is 1. The Labute approximate surface area is 150 Å². The van der Waals surface area contributed by atoms with Crippen molar-refractivity contribution in [2.45, 2.75) is 44.4 Å². The molecular formula is C18H28N2O4S. The number of hydrogen-bond donors (Lipinski definition) is 0. The van der Waals surface area contributed by atoms with Gasteiger partial charge in [0.05, 0.1) is 7.11 Å². The van der Waals surface area contributed by atoms with Gasteiger partial charge in [-0.1, -0.05) is 26.8 Å². The number of ether oxygens (including phenoxy) is 1. The van der Waals surface area contributed by atoms with Crippen LogP contribution in [0.2, 0.25) is 0 Å². The molecule has 1 aliphatic rings. The first kappa shape index (κ1) is 19.7. The topological polar surface area (TPSA) is 66.9 Å². The van der Waals surface area contributed by atoms with Crippen LogP contribution in [0.15, 0.2) is 23.1 Å². The summed E-state index contributed by atoms with van der Waals surface area (Å²) in [6.07, 6.45) is 1.08. The average molecular weight is 368 g/mol. The van der Waals surface area contributed by atoms with Crippen LogP contribution in [0.25, 0.3) is 0 Å². The average Bonchev–Trinajstić information content (AvgIpc) is 2.87. The molecule has 0 bridgehead atoms. The molecule has 0 N–H and O–H groups in total. The highest BCUT2D eigenvalue weighted by molar-refractivity contribution is 7.89. The van der Waals surface area contributed by atoms with Gasteiger partial charge >= 0.3 is 0 Å².